The van der Waals surface area contributed by atoms with E-state index in [2.05, 4.69) is 53.1 Å². The van der Waals surface area contributed by atoms with Gasteiger partial charge < -0.3 is 26.3 Å². The molecule has 0 atom stereocenters. The lowest BCUT2D eigenvalue weighted by Gasteiger charge is -2.20. The third-order valence-corrected chi connectivity index (χ3v) is 6.12. The fourth-order valence-corrected chi connectivity index (χ4v) is 4.20. The Balaban J connectivity index is 1.26. The van der Waals surface area contributed by atoms with Gasteiger partial charge >= 0.3 is 6.03 Å². The van der Waals surface area contributed by atoms with E-state index in [-0.39, 0.29) is 17.4 Å². The minimum absolute atomic E-state index is 0.00536. The standard InChI is InChI=1S/C30H29N5O2/c1-30(2,3)19-7-4-8-21(15-19)33-29(37)34-23-10-5-9-22(16-23)32-24-12-13-25-26(17-20-11-6-14-31-20)28(36)35-27(25)18-24/h4-18,31-32H,1-3H3,(H,35,36)(H2,33,34,37)/b26-17-. The molecule has 0 radical (unpaired) electrons. The van der Waals surface area contributed by atoms with Gasteiger partial charge in [-0.1, -0.05) is 45.0 Å². The number of aromatic amines is 1. The average molecular weight is 492 g/mol. The number of benzene rings is 3. The Hall–Kier alpha value is -4.78. The highest BCUT2D eigenvalue weighted by atomic mass is 16.2. The fraction of sp³-hybridized carbons (Fsp3) is 0.133. The molecule has 0 unspecified atom stereocenters. The summed E-state index contributed by atoms with van der Waals surface area (Å²) in [5.74, 6) is -0.132. The van der Waals surface area contributed by atoms with Crippen LogP contribution in [0.5, 0.6) is 0 Å². The van der Waals surface area contributed by atoms with Gasteiger partial charge in [0.15, 0.2) is 0 Å². The van der Waals surface area contributed by atoms with Gasteiger partial charge in [0, 0.05) is 40.2 Å². The second-order valence-corrected chi connectivity index (χ2v) is 10.0. The molecule has 1 aliphatic heterocycles. The number of carbonyl (C=O) groups excluding carboxylic acids is 2. The molecule has 0 saturated carbocycles. The number of rotatable bonds is 5. The highest BCUT2D eigenvalue weighted by Crippen LogP contribution is 2.35. The maximum atomic E-state index is 12.6. The molecule has 5 rings (SSSR count). The molecule has 0 bridgehead atoms. The summed E-state index contributed by atoms with van der Waals surface area (Å²) in [6.45, 7) is 6.41. The quantitative estimate of drug-likeness (QED) is 0.191. The van der Waals surface area contributed by atoms with E-state index in [9.17, 15) is 9.59 Å². The number of hydrogen-bond donors (Lipinski definition) is 5. The van der Waals surface area contributed by atoms with E-state index >= 15 is 0 Å². The molecule has 1 aromatic heterocycles. The van der Waals surface area contributed by atoms with Gasteiger partial charge in [-0.15, -0.1) is 0 Å². The van der Waals surface area contributed by atoms with Crippen LogP contribution in [0.4, 0.5) is 33.2 Å². The zero-order valence-electron chi connectivity index (χ0n) is 21.0. The Kier molecular flexibility index (Phi) is 6.27. The SMILES string of the molecule is CC(C)(C)c1cccc(NC(=O)Nc2cccc(Nc3ccc4c(c3)NC(=O)/C4=C\c3ccc[nH]3)c2)c1. The smallest absolute Gasteiger partial charge is 0.323 e. The monoisotopic (exact) mass is 491 g/mol. The van der Waals surface area contributed by atoms with E-state index < -0.39 is 0 Å². The zero-order chi connectivity index (χ0) is 26.0. The number of hydrogen-bond acceptors (Lipinski definition) is 3. The maximum absolute atomic E-state index is 12.6. The number of anilines is 5. The van der Waals surface area contributed by atoms with Gasteiger partial charge in [0.1, 0.15) is 0 Å². The van der Waals surface area contributed by atoms with E-state index in [1.165, 1.54) is 0 Å². The largest absolute Gasteiger partial charge is 0.362 e. The summed E-state index contributed by atoms with van der Waals surface area (Å²) < 4.78 is 0. The van der Waals surface area contributed by atoms with Gasteiger partial charge in [0.25, 0.3) is 5.91 Å². The summed E-state index contributed by atoms with van der Waals surface area (Å²) in [5.41, 5.74) is 7.25. The fourth-order valence-electron chi connectivity index (χ4n) is 4.20. The van der Waals surface area contributed by atoms with Crippen LogP contribution >= 0.6 is 0 Å². The zero-order valence-corrected chi connectivity index (χ0v) is 21.0. The van der Waals surface area contributed by atoms with E-state index in [1.807, 2.05) is 85.1 Å². The van der Waals surface area contributed by atoms with Crippen LogP contribution in [0.3, 0.4) is 0 Å². The molecule has 4 aromatic rings. The lowest BCUT2D eigenvalue weighted by Crippen LogP contribution is -2.20. The van der Waals surface area contributed by atoms with Crippen LogP contribution in [-0.2, 0) is 10.2 Å². The van der Waals surface area contributed by atoms with Crippen LogP contribution < -0.4 is 21.3 Å². The molecule has 0 spiro atoms. The van der Waals surface area contributed by atoms with Gasteiger partial charge in [-0.25, -0.2) is 4.79 Å². The first-order valence-corrected chi connectivity index (χ1v) is 12.1. The topological polar surface area (TPSA) is 98.0 Å². The van der Waals surface area contributed by atoms with E-state index in [0.29, 0.717) is 11.3 Å². The molecular formula is C30H29N5O2. The molecule has 7 nitrogen and oxygen atoms in total. The Morgan fingerprint density at radius 2 is 1.51 bits per heavy atom. The van der Waals surface area contributed by atoms with Crippen molar-refractivity contribution in [2.45, 2.75) is 26.2 Å². The normalized spacial score (nSPS) is 13.7. The maximum Gasteiger partial charge on any atom is 0.323 e. The molecule has 37 heavy (non-hydrogen) atoms. The first-order valence-electron chi connectivity index (χ1n) is 12.1. The van der Waals surface area contributed by atoms with Crippen LogP contribution in [0.15, 0.2) is 85.1 Å². The number of carbonyl (C=O) groups is 2. The first-order chi connectivity index (χ1) is 17.7. The molecule has 2 heterocycles. The summed E-state index contributed by atoms with van der Waals surface area (Å²) >= 11 is 0. The molecule has 3 amide bonds. The second kappa shape index (κ2) is 9.70. The van der Waals surface area contributed by atoms with Crippen molar-refractivity contribution >= 4 is 52.0 Å². The highest BCUT2D eigenvalue weighted by molar-refractivity contribution is 6.35. The first kappa shape index (κ1) is 23.9. The van der Waals surface area contributed by atoms with Gasteiger partial charge in [0.05, 0.1) is 11.3 Å². The van der Waals surface area contributed by atoms with E-state index in [0.717, 1.165) is 39.6 Å². The van der Waals surface area contributed by atoms with Crippen LogP contribution in [0.25, 0.3) is 11.6 Å². The molecule has 3 aromatic carbocycles. The number of nitrogens with one attached hydrogen (secondary N) is 5. The highest BCUT2D eigenvalue weighted by Gasteiger charge is 2.24. The minimum Gasteiger partial charge on any atom is -0.362 e. The van der Waals surface area contributed by atoms with Crippen molar-refractivity contribution in [2.24, 2.45) is 0 Å². The van der Waals surface area contributed by atoms with Crippen LogP contribution in [0, 0.1) is 0 Å². The van der Waals surface area contributed by atoms with Crippen molar-refractivity contribution in [3.8, 4) is 0 Å². The molecule has 5 N–H and O–H groups in total. The molecule has 0 saturated heterocycles. The van der Waals surface area contributed by atoms with Crippen LogP contribution in [0.2, 0.25) is 0 Å². The Bertz CT molecular complexity index is 1500. The van der Waals surface area contributed by atoms with Crippen molar-refractivity contribution in [1.82, 2.24) is 4.98 Å². The summed E-state index contributed by atoms with van der Waals surface area (Å²) in [4.78, 5) is 28.2. The summed E-state index contributed by atoms with van der Waals surface area (Å²) in [5, 5.41) is 12.1. The lowest BCUT2D eigenvalue weighted by atomic mass is 9.87. The van der Waals surface area contributed by atoms with Gasteiger partial charge in [0.2, 0.25) is 0 Å². The molecule has 1 aliphatic rings. The minimum atomic E-state index is -0.315. The Morgan fingerprint density at radius 3 is 2.24 bits per heavy atom. The number of fused-ring (bicyclic) bond motifs is 1. The number of urea groups is 1. The molecular weight excluding hydrogens is 462 g/mol. The second-order valence-electron chi connectivity index (χ2n) is 10.0. The number of amides is 3. The Morgan fingerprint density at radius 1 is 0.811 bits per heavy atom. The number of H-pyrrole nitrogens is 1. The van der Waals surface area contributed by atoms with Crippen molar-refractivity contribution in [2.75, 3.05) is 21.3 Å². The summed E-state index contributed by atoms with van der Waals surface area (Å²) in [7, 11) is 0. The molecule has 186 valence electrons. The van der Waals surface area contributed by atoms with Crippen molar-refractivity contribution in [3.63, 3.8) is 0 Å². The van der Waals surface area contributed by atoms with Gasteiger partial charge in [-0.05, 0) is 71.7 Å². The van der Waals surface area contributed by atoms with Crippen molar-refractivity contribution < 1.29 is 9.59 Å². The average Bonchev–Trinajstić information content (AvgIpc) is 3.46. The predicted molar refractivity (Wildman–Crippen MR) is 151 cm³/mol. The third-order valence-electron chi connectivity index (χ3n) is 6.12. The van der Waals surface area contributed by atoms with Gasteiger partial charge in [-0.3, -0.25) is 4.79 Å². The van der Waals surface area contributed by atoms with Crippen molar-refractivity contribution in [1.29, 1.82) is 0 Å². The van der Waals surface area contributed by atoms with E-state index in [4.69, 9.17) is 0 Å². The number of aromatic nitrogens is 1. The Labute approximate surface area is 216 Å². The van der Waals surface area contributed by atoms with Crippen LogP contribution in [-0.4, -0.2) is 16.9 Å². The van der Waals surface area contributed by atoms with Crippen molar-refractivity contribution in [3.05, 3.63) is 102 Å². The van der Waals surface area contributed by atoms with Gasteiger partial charge in [-0.2, -0.15) is 0 Å². The lowest BCUT2D eigenvalue weighted by molar-refractivity contribution is -0.110. The summed E-state index contributed by atoms with van der Waals surface area (Å²) in [6.07, 6.45) is 3.66. The van der Waals surface area contributed by atoms with E-state index in [1.54, 1.807) is 0 Å². The molecule has 7 heteroatoms. The molecule has 0 fully saturated rings. The predicted octanol–water partition coefficient (Wildman–Crippen LogP) is 7.19. The third kappa shape index (κ3) is 5.56. The summed E-state index contributed by atoms with van der Waals surface area (Å²) in [6, 6.07) is 24.6. The van der Waals surface area contributed by atoms with Crippen LogP contribution in [0.1, 0.15) is 37.6 Å². The molecule has 0 aliphatic carbocycles.